The van der Waals surface area contributed by atoms with Gasteiger partial charge in [0.15, 0.2) is 0 Å². The van der Waals surface area contributed by atoms with E-state index in [9.17, 15) is 13.2 Å². The number of hydrogen-bond donors (Lipinski definition) is 1. The Bertz CT molecular complexity index is 837. The van der Waals surface area contributed by atoms with Gasteiger partial charge in [0.2, 0.25) is 10.0 Å². The smallest absolute Gasteiger partial charge is 0.254 e. The second kappa shape index (κ2) is 7.29. The van der Waals surface area contributed by atoms with Gasteiger partial charge in [0.25, 0.3) is 5.56 Å². The highest BCUT2D eigenvalue weighted by Gasteiger charge is 2.16. The fourth-order valence-electron chi connectivity index (χ4n) is 2.16. The number of sulfonamides is 1. The molecule has 2 aromatic rings. The summed E-state index contributed by atoms with van der Waals surface area (Å²) in [5.74, 6) is 0.495. The maximum absolute atomic E-state index is 12.2. The highest BCUT2D eigenvalue weighted by atomic mass is 32.2. The largest absolute Gasteiger partial charge is 0.496 e. The number of aryl methyl sites for hydroxylation is 2. The van der Waals surface area contributed by atoms with Crippen LogP contribution in [0.5, 0.6) is 5.75 Å². The molecular weight excluding hydrogens is 336 g/mol. The molecule has 0 unspecified atom stereocenters. The van der Waals surface area contributed by atoms with Gasteiger partial charge in [-0.3, -0.25) is 4.79 Å². The average molecular weight is 356 g/mol. The highest BCUT2D eigenvalue weighted by molar-refractivity contribution is 7.91. The molecule has 0 bridgehead atoms. The normalized spacial score (nSPS) is 11.6. The Morgan fingerprint density at radius 2 is 2.04 bits per heavy atom. The SMILES string of the molecule is CCc1ccc(S(=O)(=O)NCCn2c(C)cc(OC)cc2=O)s1. The summed E-state index contributed by atoms with van der Waals surface area (Å²) in [7, 11) is -2.03. The van der Waals surface area contributed by atoms with Crippen molar-refractivity contribution in [1.29, 1.82) is 0 Å². The van der Waals surface area contributed by atoms with Gasteiger partial charge in [0.1, 0.15) is 9.96 Å². The molecule has 0 aliphatic carbocycles. The van der Waals surface area contributed by atoms with Crippen LogP contribution < -0.4 is 15.0 Å². The number of rotatable bonds is 7. The molecule has 2 rings (SSSR count). The monoisotopic (exact) mass is 356 g/mol. The van der Waals surface area contributed by atoms with Crippen molar-refractivity contribution in [2.24, 2.45) is 0 Å². The van der Waals surface area contributed by atoms with E-state index in [1.165, 1.54) is 29.1 Å². The van der Waals surface area contributed by atoms with Crippen molar-refractivity contribution in [1.82, 2.24) is 9.29 Å². The van der Waals surface area contributed by atoms with Gasteiger partial charge in [0.05, 0.1) is 7.11 Å². The lowest BCUT2D eigenvalue weighted by Crippen LogP contribution is -2.31. The van der Waals surface area contributed by atoms with Crippen molar-refractivity contribution in [3.05, 3.63) is 45.2 Å². The summed E-state index contributed by atoms with van der Waals surface area (Å²) < 4.78 is 33.8. The van der Waals surface area contributed by atoms with Gasteiger partial charge in [-0.2, -0.15) is 0 Å². The quantitative estimate of drug-likeness (QED) is 0.820. The van der Waals surface area contributed by atoms with E-state index in [4.69, 9.17) is 4.74 Å². The van der Waals surface area contributed by atoms with Crippen LogP contribution in [0, 0.1) is 6.92 Å². The predicted octanol–water partition coefficient (Wildman–Crippen LogP) is 1.77. The van der Waals surface area contributed by atoms with E-state index < -0.39 is 10.0 Å². The van der Waals surface area contributed by atoms with E-state index in [1.54, 1.807) is 19.1 Å². The molecule has 0 saturated heterocycles. The number of nitrogens with one attached hydrogen (secondary N) is 1. The van der Waals surface area contributed by atoms with Crippen molar-refractivity contribution in [2.45, 2.75) is 31.0 Å². The van der Waals surface area contributed by atoms with Crippen LogP contribution in [0.1, 0.15) is 17.5 Å². The van der Waals surface area contributed by atoms with Crippen LogP contribution >= 0.6 is 11.3 Å². The highest BCUT2D eigenvalue weighted by Crippen LogP contribution is 2.21. The lowest BCUT2D eigenvalue weighted by atomic mass is 10.3. The molecule has 0 amide bonds. The molecule has 6 nitrogen and oxygen atoms in total. The van der Waals surface area contributed by atoms with Crippen molar-refractivity contribution in [3.8, 4) is 5.75 Å². The lowest BCUT2D eigenvalue weighted by Gasteiger charge is -2.11. The Kier molecular flexibility index (Phi) is 5.61. The molecule has 1 N–H and O–H groups in total. The summed E-state index contributed by atoms with van der Waals surface area (Å²) in [4.78, 5) is 13.0. The first-order chi connectivity index (χ1) is 10.9. The van der Waals surface area contributed by atoms with Gasteiger partial charge >= 0.3 is 0 Å². The van der Waals surface area contributed by atoms with E-state index >= 15 is 0 Å². The Morgan fingerprint density at radius 3 is 2.61 bits per heavy atom. The Hall–Kier alpha value is -1.64. The molecule has 0 aromatic carbocycles. The van der Waals surface area contributed by atoms with Crippen LogP contribution in [0.15, 0.2) is 33.3 Å². The van der Waals surface area contributed by atoms with E-state index in [1.807, 2.05) is 13.0 Å². The summed E-state index contributed by atoms with van der Waals surface area (Å²) in [5, 5.41) is 0. The van der Waals surface area contributed by atoms with Crippen LogP contribution in [0.3, 0.4) is 0 Å². The van der Waals surface area contributed by atoms with Crippen LogP contribution in [0.2, 0.25) is 0 Å². The standard InChI is InChI=1S/C15H20N2O4S2/c1-4-13-5-6-15(22-13)23(19,20)16-7-8-17-11(2)9-12(21-3)10-14(17)18/h5-6,9-10,16H,4,7-8H2,1-3H3. The topological polar surface area (TPSA) is 77.4 Å². The zero-order chi connectivity index (χ0) is 17.0. The number of pyridine rings is 1. The Morgan fingerprint density at radius 1 is 1.30 bits per heavy atom. The zero-order valence-corrected chi connectivity index (χ0v) is 15.0. The maximum atomic E-state index is 12.2. The molecule has 0 aliphatic heterocycles. The first kappa shape index (κ1) is 17.7. The summed E-state index contributed by atoms with van der Waals surface area (Å²) in [6.45, 7) is 4.18. The first-order valence-electron chi connectivity index (χ1n) is 7.21. The van der Waals surface area contributed by atoms with Crippen molar-refractivity contribution >= 4 is 21.4 Å². The summed E-state index contributed by atoms with van der Waals surface area (Å²) in [5.41, 5.74) is 0.503. The van der Waals surface area contributed by atoms with E-state index in [0.717, 1.165) is 17.0 Å². The van der Waals surface area contributed by atoms with Gasteiger partial charge in [-0.05, 0) is 31.5 Å². The van der Waals surface area contributed by atoms with Gasteiger partial charge in [-0.15, -0.1) is 11.3 Å². The fourth-order valence-corrected chi connectivity index (χ4v) is 4.52. The maximum Gasteiger partial charge on any atom is 0.254 e. The van der Waals surface area contributed by atoms with Crippen molar-refractivity contribution in [3.63, 3.8) is 0 Å². The number of ether oxygens (including phenoxy) is 1. The van der Waals surface area contributed by atoms with E-state index in [-0.39, 0.29) is 18.6 Å². The third kappa shape index (κ3) is 4.21. The van der Waals surface area contributed by atoms with Crippen LogP contribution in [-0.4, -0.2) is 26.6 Å². The van der Waals surface area contributed by atoms with Crippen LogP contribution in [0.4, 0.5) is 0 Å². The number of methoxy groups -OCH3 is 1. The van der Waals surface area contributed by atoms with Crippen LogP contribution in [-0.2, 0) is 23.0 Å². The third-order valence-electron chi connectivity index (χ3n) is 3.42. The first-order valence-corrected chi connectivity index (χ1v) is 9.51. The lowest BCUT2D eigenvalue weighted by molar-refractivity contribution is 0.411. The minimum atomic E-state index is -3.53. The Balaban J connectivity index is 2.06. The average Bonchev–Trinajstić information content (AvgIpc) is 2.99. The molecule has 0 fully saturated rings. The molecule has 0 aliphatic rings. The molecule has 0 saturated carbocycles. The third-order valence-corrected chi connectivity index (χ3v) is 6.60. The Labute approximate surface area is 139 Å². The van der Waals surface area contributed by atoms with Gasteiger partial charge in [-0.1, -0.05) is 6.92 Å². The van der Waals surface area contributed by atoms with Crippen molar-refractivity contribution in [2.75, 3.05) is 13.7 Å². The molecule has 0 spiro atoms. The number of aromatic nitrogens is 1. The molecule has 0 atom stereocenters. The molecule has 0 radical (unpaired) electrons. The molecule has 23 heavy (non-hydrogen) atoms. The number of nitrogens with zero attached hydrogens (tertiary/aromatic N) is 1. The van der Waals surface area contributed by atoms with Gasteiger partial charge in [-0.25, -0.2) is 13.1 Å². The second-order valence-electron chi connectivity index (χ2n) is 5.00. The molecule has 2 heterocycles. The van der Waals surface area contributed by atoms with Crippen molar-refractivity contribution < 1.29 is 13.2 Å². The predicted molar refractivity (Wildman–Crippen MR) is 90.9 cm³/mol. The molecule has 126 valence electrons. The number of thiophene rings is 1. The summed E-state index contributed by atoms with van der Waals surface area (Å²) >= 11 is 1.26. The summed E-state index contributed by atoms with van der Waals surface area (Å²) in [6, 6.07) is 6.55. The molecular formula is C15H20N2O4S2. The minimum Gasteiger partial charge on any atom is -0.496 e. The van der Waals surface area contributed by atoms with Gasteiger partial charge in [0, 0.05) is 29.7 Å². The van der Waals surface area contributed by atoms with E-state index in [2.05, 4.69) is 4.72 Å². The van der Waals surface area contributed by atoms with Gasteiger partial charge < -0.3 is 9.30 Å². The second-order valence-corrected chi connectivity index (χ2v) is 8.16. The summed E-state index contributed by atoms with van der Waals surface area (Å²) in [6.07, 6.45) is 0.806. The molecule has 8 heteroatoms. The zero-order valence-electron chi connectivity index (χ0n) is 13.3. The van der Waals surface area contributed by atoms with E-state index in [0.29, 0.717) is 9.96 Å². The molecule has 2 aromatic heterocycles. The number of hydrogen-bond acceptors (Lipinski definition) is 5. The van der Waals surface area contributed by atoms with Crippen LogP contribution in [0.25, 0.3) is 0 Å². The minimum absolute atomic E-state index is 0.148. The fraction of sp³-hybridized carbons (Fsp3) is 0.400.